The van der Waals surface area contributed by atoms with Gasteiger partial charge in [0.2, 0.25) is 0 Å². The minimum atomic E-state index is -0.495. The van der Waals surface area contributed by atoms with Gasteiger partial charge in [-0.3, -0.25) is 19.8 Å². The fourth-order valence-electron chi connectivity index (χ4n) is 2.41. The molecule has 1 heterocycles. The highest BCUT2D eigenvalue weighted by Crippen LogP contribution is 2.34. The van der Waals surface area contributed by atoms with Crippen LogP contribution in [0.15, 0.2) is 53.4 Å². The Morgan fingerprint density at radius 2 is 1.89 bits per heavy atom. The Morgan fingerprint density at radius 1 is 1.18 bits per heavy atom. The smallest absolute Gasteiger partial charge is 0.270 e. The molecule has 0 aliphatic carbocycles. The van der Waals surface area contributed by atoms with Crippen molar-refractivity contribution in [3.63, 3.8) is 0 Å². The van der Waals surface area contributed by atoms with Gasteiger partial charge >= 0.3 is 0 Å². The molecule has 0 bridgehead atoms. The number of ether oxygens (including phenoxy) is 2. The molecule has 0 radical (unpaired) electrons. The molecular weight excluding hydrogens is 400 g/mol. The van der Waals surface area contributed by atoms with Crippen molar-refractivity contribution in [2.75, 3.05) is 20.3 Å². The van der Waals surface area contributed by atoms with Crippen LogP contribution < -0.4 is 9.47 Å². The molecule has 28 heavy (non-hydrogen) atoms. The lowest BCUT2D eigenvalue weighted by Crippen LogP contribution is -2.22. The minimum Gasteiger partial charge on any atom is -0.490 e. The number of nitro groups is 1. The number of carbonyl (C=O) groups excluding carboxylic acids is 1. The lowest BCUT2D eigenvalue weighted by molar-refractivity contribution is -0.384. The van der Waals surface area contributed by atoms with E-state index in [4.69, 9.17) is 21.7 Å². The summed E-state index contributed by atoms with van der Waals surface area (Å²) in [5.74, 6) is 0.894. The zero-order valence-electron chi connectivity index (χ0n) is 14.9. The lowest BCUT2D eigenvalue weighted by Gasteiger charge is -2.11. The number of hydrogen-bond donors (Lipinski definition) is 0. The number of non-ortho nitro benzene ring substituents is 1. The van der Waals surface area contributed by atoms with Gasteiger partial charge in [-0.1, -0.05) is 42.2 Å². The average molecular weight is 416 g/mol. The van der Waals surface area contributed by atoms with Gasteiger partial charge in [-0.05, 0) is 24.3 Å². The fourth-order valence-corrected chi connectivity index (χ4v) is 3.58. The van der Waals surface area contributed by atoms with E-state index < -0.39 is 4.92 Å². The molecule has 1 fully saturated rings. The Balaban J connectivity index is 1.76. The number of thiocarbonyl (C=S) groups is 1. The van der Waals surface area contributed by atoms with Crippen LogP contribution in [0.3, 0.4) is 0 Å². The number of para-hydroxylation sites is 1. The summed E-state index contributed by atoms with van der Waals surface area (Å²) in [5.41, 5.74) is 0.342. The highest BCUT2D eigenvalue weighted by atomic mass is 32.2. The van der Waals surface area contributed by atoms with Crippen LogP contribution in [0.4, 0.5) is 5.69 Å². The number of hydrogen-bond acceptors (Lipinski definition) is 7. The van der Waals surface area contributed by atoms with Crippen LogP contribution in [0, 0.1) is 10.1 Å². The first-order valence-corrected chi connectivity index (χ1v) is 9.49. The summed E-state index contributed by atoms with van der Waals surface area (Å²) < 4.78 is 11.7. The Hall–Kier alpha value is -2.91. The molecular formula is C19H16N2O5S2. The first kappa shape index (κ1) is 19.8. The van der Waals surface area contributed by atoms with E-state index in [-0.39, 0.29) is 18.2 Å². The van der Waals surface area contributed by atoms with Crippen LogP contribution in [0.1, 0.15) is 5.56 Å². The van der Waals surface area contributed by atoms with Gasteiger partial charge in [0.25, 0.3) is 11.6 Å². The van der Waals surface area contributed by atoms with Crippen LogP contribution in [-0.4, -0.2) is 40.3 Å². The van der Waals surface area contributed by atoms with E-state index in [1.807, 2.05) is 30.3 Å². The van der Waals surface area contributed by atoms with Crippen LogP contribution in [0.2, 0.25) is 0 Å². The summed E-state index contributed by atoms with van der Waals surface area (Å²) in [5, 5.41) is 11.1. The number of benzene rings is 2. The molecule has 1 amide bonds. The molecule has 0 spiro atoms. The molecule has 0 unspecified atom stereocenters. The fraction of sp³-hybridized carbons (Fsp3) is 0.158. The minimum absolute atomic E-state index is 0.0916. The molecule has 2 aromatic carbocycles. The zero-order chi connectivity index (χ0) is 20.1. The predicted molar refractivity (Wildman–Crippen MR) is 111 cm³/mol. The molecule has 1 aliphatic heterocycles. The molecule has 1 aliphatic rings. The maximum atomic E-state index is 12.2. The first-order chi connectivity index (χ1) is 13.5. The second-order valence-corrected chi connectivity index (χ2v) is 7.41. The summed E-state index contributed by atoms with van der Waals surface area (Å²) in [6.07, 6.45) is 1.56. The van der Waals surface area contributed by atoms with E-state index in [1.165, 1.54) is 23.1 Å². The van der Waals surface area contributed by atoms with E-state index >= 15 is 0 Å². The molecule has 2 aromatic rings. The maximum absolute atomic E-state index is 12.2. The largest absolute Gasteiger partial charge is 0.490 e. The van der Waals surface area contributed by atoms with Crippen molar-refractivity contribution in [3.05, 3.63) is 69.1 Å². The summed E-state index contributed by atoms with van der Waals surface area (Å²) in [6.45, 7) is 0.541. The molecule has 3 rings (SSSR count). The van der Waals surface area contributed by atoms with E-state index in [0.29, 0.717) is 27.1 Å². The molecule has 0 atom stereocenters. The average Bonchev–Trinajstić information content (AvgIpc) is 2.93. The normalized spacial score (nSPS) is 15.2. The number of carbonyl (C=O) groups is 1. The predicted octanol–water partition coefficient (Wildman–Crippen LogP) is 3.88. The number of likely N-dealkylation sites (N-methyl/N-ethyl adjacent to an activating group) is 1. The van der Waals surface area contributed by atoms with Crippen LogP contribution in [0.25, 0.3) is 6.08 Å². The summed E-state index contributed by atoms with van der Waals surface area (Å²) in [6, 6.07) is 13.5. The Labute approximate surface area is 171 Å². The van der Waals surface area contributed by atoms with Gasteiger partial charge < -0.3 is 9.47 Å². The zero-order valence-corrected chi connectivity index (χ0v) is 16.5. The van der Waals surface area contributed by atoms with Crippen molar-refractivity contribution in [1.82, 2.24) is 4.90 Å². The lowest BCUT2D eigenvalue weighted by atomic mass is 10.1. The highest BCUT2D eigenvalue weighted by Gasteiger charge is 2.29. The van der Waals surface area contributed by atoms with Gasteiger partial charge in [0.05, 0.1) is 9.83 Å². The van der Waals surface area contributed by atoms with E-state index in [9.17, 15) is 14.9 Å². The van der Waals surface area contributed by atoms with E-state index in [2.05, 4.69) is 0 Å². The van der Waals surface area contributed by atoms with Crippen molar-refractivity contribution < 1.29 is 19.2 Å². The number of amides is 1. The molecule has 0 saturated carbocycles. The molecule has 144 valence electrons. The van der Waals surface area contributed by atoms with Crippen LogP contribution in [-0.2, 0) is 4.79 Å². The third kappa shape index (κ3) is 4.68. The Kier molecular flexibility index (Phi) is 6.27. The van der Waals surface area contributed by atoms with Crippen molar-refractivity contribution in [2.45, 2.75) is 0 Å². The monoisotopic (exact) mass is 416 g/mol. The molecule has 7 nitrogen and oxygen atoms in total. The van der Waals surface area contributed by atoms with E-state index in [1.54, 1.807) is 13.1 Å². The van der Waals surface area contributed by atoms with Crippen molar-refractivity contribution >= 4 is 46.0 Å². The van der Waals surface area contributed by atoms with Gasteiger partial charge in [0, 0.05) is 24.7 Å². The molecule has 1 saturated heterocycles. The van der Waals surface area contributed by atoms with Gasteiger partial charge in [0.1, 0.15) is 29.0 Å². The second-order valence-electron chi connectivity index (χ2n) is 5.73. The summed E-state index contributed by atoms with van der Waals surface area (Å²) in [4.78, 5) is 24.6. The SMILES string of the molecule is CN1C(=O)/C(=C\c2cc([N+](=O)[O-])ccc2OCCOc2ccccc2)SC1=S. The number of rotatable bonds is 7. The topological polar surface area (TPSA) is 81.9 Å². The summed E-state index contributed by atoms with van der Waals surface area (Å²) >= 11 is 6.26. The molecule has 9 heteroatoms. The van der Waals surface area contributed by atoms with Gasteiger partial charge in [-0.15, -0.1) is 0 Å². The quantitative estimate of drug-likeness (QED) is 0.223. The van der Waals surface area contributed by atoms with Crippen molar-refractivity contribution in [1.29, 1.82) is 0 Å². The first-order valence-electron chi connectivity index (χ1n) is 8.26. The molecule has 0 N–H and O–H groups in total. The number of thioether (sulfide) groups is 1. The standard InChI is InChI=1S/C19H16N2O5S2/c1-20-18(22)17(28-19(20)27)12-13-11-14(21(23)24)7-8-16(13)26-10-9-25-15-5-3-2-4-6-15/h2-8,11-12H,9-10H2,1H3/b17-12+. The third-order valence-corrected chi connectivity index (χ3v) is 5.31. The second kappa shape index (κ2) is 8.85. The van der Waals surface area contributed by atoms with Crippen LogP contribution >= 0.6 is 24.0 Å². The van der Waals surface area contributed by atoms with Gasteiger partial charge in [-0.25, -0.2) is 0 Å². The van der Waals surface area contributed by atoms with Gasteiger partial charge in [-0.2, -0.15) is 0 Å². The van der Waals surface area contributed by atoms with Crippen molar-refractivity contribution in [2.24, 2.45) is 0 Å². The third-order valence-electron chi connectivity index (χ3n) is 3.83. The van der Waals surface area contributed by atoms with E-state index in [0.717, 1.165) is 17.5 Å². The number of nitrogens with zero attached hydrogens (tertiary/aromatic N) is 2. The van der Waals surface area contributed by atoms with Crippen LogP contribution in [0.5, 0.6) is 11.5 Å². The Morgan fingerprint density at radius 3 is 2.54 bits per heavy atom. The highest BCUT2D eigenvalue weighted by molar-refractivity contribution is 8.26. The number of nitro benzene ring substituents is 1. The maximum Gasteiger partial charge on any atom is 0.270 e. The van der Waals surface area contributed by atoms with Gasteiger partial charge in [0.15, 0.2) is 0 Å². The van der Waals surface area contributed by atoms with Crippen molar-refractivity contribution in [3.8, 4) is 11.5 Å². The molecule has 0 aromatic heterocycles. The Bertz CT molecular complexity index is 947. The summed E-state index contributed by atoms with van der Waals surface area (Å²) in [7, 11) is 1.59.